The number of guanidine groups is 1. The molecule has 1 aromatic carbocycles. The zero-order valence-electron chi connectivity index (χ0n) is 12.6. The minimum Gasteiger partial charge on any atom is -0.454 e. The van der Waals surface area contributed by atoms with E-state index in [0.717, 1.165) is 34.3 Å². The number of rotatable bonds is 4. The minimum absolute atomic E-state index is 0.291. The molecule has 3 N–H and O–H groups in total. The van der Waals surface area contributed by atoms with Gasteiger partial charge < -0.3 is 20.1 Å². The van der Waals surface area contributed by atoms with Crippen LogP contribution in [0.3, 0.4) is 0 Å². The number of aromatic nitrogens is 2. The maximum Gasteiger partial charge on any atom is 0.231 e. The Hall–Kier alpha value is -2.70. The summed E-state index contributed by atoms with van der Waals surface area (Å²) in [6, 6.07) is 5.90. The Bertz CT molecular complexity index is 680. The number of nitrogens with zero attached hydrogens (tertiary/aromatic N) is 2. The molecule has 1 aliphatic rings. The number of hydrogen-bond acceptors (Lipinski definition) is 4. The van der Waals surface area contributed by atoms with Crippen LogP contribution in [0.2, 0.25) is 0 Å². The van der Waals surface area contributed by atoms with E-state index in [1.165, 1.54) is 0 Å². The Morgan fingerprint density at radius 3 is 2.86 bits per heavy atom. The second kappa shape index (κ2) is 6.38. The highest BCUT2D eigenvalue weighted by atomic mass is 16.7. The summed E-state index contributed by atoms with van der Waals surface area (Å²) < 4.78 is 10.7. The maximum absolute atomic E-state index is 5.38. The molecule has 0 spiro atoms. The third kappa shape index (κ3) is 3.13. The van der Waals surface area contributed by atoms with Crippen LogP contribution in [0.5, 0.6) is 11.5 Å². The second-order valence-corrected chi connectivity index (χ2v) is 4.99. The lowest BCUT2D eigenvalue weighted by Gasteiger charge is -2.12. The van der Waals surface area contributed by atoms with Crippen molar-refractivity contribution in [2.45, 2.75) is 20.0 Å². The van der Waals surface area contributed by atoms with Crippen molar-refractivity contribution < 1.29 is 9.47 Å². The van der Waals surface area contributed by atoms with E-state index in [1.807, 2.05) is 31.3 Å². The first-order valence-electron chi connectivity index (χ1n) is 7.08. The number of hydrogen-bond donors (Lipinski definition) is 3. The largest absolute Gasteiger partial charge is 0.454 e. The van der Waals surface area contributed by atoms with Gasteiger partial charge in [-0.25, -0.2) is 0 Å². The zero-order valence-corrected chi connectivity index (χ0v) is 12.6. The Balaban J connectivity index is 1.54. The molecule has 116 valence electrons. The van der Waals surface area contributed by atoms with Crippen molar-refractivity contribution in [3.8, 4) is 11.5 Å². The molecule has 0 unspecified atom stereocenters. The monoisotopic (exact) mass is 301 g/mol. The molecule has 22 heavy (non-hydrogen) atoms. The molecule has 2 aromatic rings. The van der Waals surface area contributed by atoms with Gasteiger partial charge in [0, 0.05) is 31.4 Å². The van der Waals surface area contributed by atoms with Gasteiger partial charge in [-0.2, -0.15) is 5.10 Å². The molecule has 0 fully saturated rings. The van der Waals surface area contributed by atoms with Gasteiger partial charge in [0.1, 0.15) is 0 Å². The van der Waals surface area contributed by atoms with E-state index in [1.54, 1.807) is 7.05 Å². The van der Waals surface area contributed by atoms with Crippen LogP contribution < -0.4 is 20.1 Å². The normalized spacial score (nSPS) is 13.3. The predicted octanol–water partition coefficient (Wildman–Crippen LogP) is 1.31. The average molecular weight is 301 g/mol. The fourth-order valence-corrected chi connectivity index (χ4v) is 2.19. The number of benzene rings is 1. The molecule has 7 heteroatoms. The van der Waals surface area contributed by atoms with E-state index in [2.05, 4.69) is 25.8 Å². The number of H-pyrrole nitrogens is 1. The van der Waals surface area contributed by atoms with Crippen molar-refractivity contribution in [1.29, 1.82) is 0 Å². The fraction of sp³-hybridized carbons (Fsp3) is 0.333. The SMILES string of the molecule is CN=C(NCc1ccc2c(c1)OCO2)NCc1cn[nH]c1C. The Morgan fingerprint density at radius 2 is 2.09 bits per heavy atom. The molecule has 7 nitrogen and oxygen atoms in total. The third-order valence-electron chi connectivity index (χ3n) is 3.50. The number of ether oxygens (including phenoxy) is 2. The number of aryl methyl sites for hydroxylation is 1. The van der Waals surface area contributed by atoms with Crippen LogP contribution in [0.4, 0.5) is 0 Å². The fourth-order valence-electron chi connectivity index (χ4n) is 2.19. The van der Waals surface area contributed by atoms with Crippen LogP contribution >= 0.6 is 0 Å². The summed E-state index contributed by atoms with van der Waals surface area (Å²) in [5.41, 5.74) is 3.27. The molecule has 0 saturated carbocycles. The standard InChI is InChI=1S/C15H19N5O2/c1-10-12(8-19-20-10)7-18-15(16-2)17-6-11-3-4-13-14(5-11)22-9-21-13/h3-5,8H,6-7,9H2,1-2H3,(H,19,20)(H2,16,17,18). The zero-order chi connectivity index (χ0) is 15.4. The second-order valence-electron chi connectivity index (χ2n) is 4.99. The van der Waals surface area contributed by atoms with Crippen LogP contribution in [-0.4, -0.2) is 30.0 Å². The van der Waals surface area contributed by atoms with Crippen molar-refractivity contribution in [1.82, 2.24) is 20.8 Å². The summed E-state index contributed by atoms with van der Waals surface area (Å²) in [6.45, 7) is 3.61. The van der Waals surface area contributed by atoms with Crippen molar-refractivity contribution in [3.05, 3.63) is 41.2 Å². The van der Waals surface area contributed by atoms with Gasteiger partial charge in [-0.1, -0.05) is 6.07 Å². The van der Waals surface area contributed by atoms with Gasteiger partial charge in [0.2, 0.25) is 6.79 Å². The number of fused-ring (bicyclic) bond motifs is 1. The smallest absolute Gasteiger partial charge is 0.231 e. The van der Waals surface area contributed by atoms with Gasteiger partial charge in [-0.05, 0) is 24.6 Å². The van der Waals surface area contributed by atoms with Crippen LogP contribution in [0, 0.1) is 6.92 Å². The molecule has 0 saturated heterocycles. The molecule has 0 bridgehead atoms. The first-order valence-corrected chi connectivity index (χ1v) is 7.08. The van der Waals surface area contributed by atoms with Crippen LogP contribution in [-0.2, 0) is 13.1 Å². The highest BCUT2D eigenvalue weighted by Crippen LogP contribution is 2.32. The van der Waals surface area contributed by atoms with Crippen LogP contribution in [0.15, 0.2) is 29.4 Å². The minimum atomic E-state index is 0.291. The molecule has 3 rings (SSSR count). The summed E-state index contributed by atoms with van der Waals surface area (Å²) in [7, 11) is 1.75. The molecule has 0 atom stereocenters. The van der Waals surface area contributed by atoms with Crippen molar-refractivity contribution in [2.75, 3.05) is 13.8 Å². The number of nitrogens with one attached hydrogen (secondary N) is 3. The topological polar surface area (TPSA) is 83.6 Å². The van der Waals surface area contributed by atoms with Gasteiger partial charge >= 0.3 is 0 Å². The van der Waals surface area contributed by atoms with Crippen LogP contribution in [0.1, 0.15) is 16.8 Å². The van der Waals surface area contributed by atoms with E-state index in [0.29, 0.717) is 19.9 Å². The van der Waals surface area contributed by atoms with E-state index >= 15 is 0 Å². The van der Waals surface area contributed by atoms with E-state index in [9.17, 15) is 0 Å². The molecule has 2 heterocycles. The van der Waals surface area contributed by atoms with Crippen molar-refractivity contribution >= 4 is 5.96 Å². The highest BCUT2D eigenvalue weighted by Gasteiger charge is 2.13. The van der Waals surface area contributed by atoms with E-state index in [4.69, 9.17) is 9.47 Å². The summed E-state index contributed by atoms with van der Waals surface area (Å²) >= 11 is 0. The Morgan fingerprint density at radius 1 is 1.27 bits per heavy atom. The lowest BCUT2D eigenvalue weighted by atomic mass is 10.2. The van der Waals surface area contributed by atoms with Crippen molar-refractivity contribution in [2.24, 2.45) is 4.99 Å². The van der Waals surface area contributed by atoms with E-state index in [-0.39, 0.29) is 0 Å². The van der Waals surface area contributed by atoms with Gasteiger partial charge in [0.05, 0.1) is 6.20 Å². The lowest BCUT2D eigenvalue weighted by Crippen LogP contribution is -2.36. The first-order chi connectivity index (χ1) is 10.8. The lowest BCUT2D eigenvalue weighted by molar-refractivity contribution is 0.174. The predicted molar refractivity (Wildman–Crippen MR) is 82.9 cm³/mol. The number of aromatic amines is 1. The molecule has 0 aliphatic carbocycles. The summed E-state index contributed by atoms with van der Waals surface area (Å²) in [5.74, 6) is 2.32. The van der Waals surface area contributed by atoms with Gasteiger partial charge in [-0.3, -0.25) is 10.1 Å². The average Bonchev–Trinajstić information content (AvgIpc) is 3.15. The summed E-state index contributed by atoms with van der Waals surface area (Å²) in [6.07, 6.45) is 1.81. The van der Waals surface area contributed by atoms with Gasteiger partial charge in [0.15, 0.2) is 17.5 Å². The molecular weight excluding hydrogens is 282 g/mol. The van der Waals surface area contributed by atoms with Crippen molar-refractivity contribution in [3.63, 3.8) is 0 Å². The third-order valence-corrected chi connectivity index (χ3v) is 3.50. The van der Waals surface area contributed by atoms with Gasteiger partial charge in [-0.15, -0.1) is 0 Å². The molecular formula is C15H19N5O2. The molecule has 0 radical (unpaired) electrons. The quantitative estimate of drug-likeness (QED) is 0.586. The molecule has 1 aromatic heterocycles. The maximum atomic E-state index is 5.38. The highest BCUT2D eigenvalue weighted by molar-refractivity contribution is 5.79. The van der Waals surface area contributed by atoms with E-state index < -0.39 is 0 Å². The summed E-state index contributed by atoms with van der Waals surface area (Å²) in [5, 5.41) is 13.4. The Labute approximate surface area is 128 Å². The summed E-state index contributed by atoms with van der Waals surface area (Å²) in [4.78, 5) is 4.21. The number of aliphatic imine (C=N–C) groups is 1. The van der Waals surface area contributed by atoms with Crippen LogP contribution in [0.25, 0.3) is 0 Å². The van der Waals surface area contributed by atoms with Gasteiger partial charge in [0.25, 0.3) is 0 Å². The molecule has 0 amide bonds. The first kappa shape index (κ1) is 14.2. The Kier molecular flexibility index (Phi) is 4.13. The molecule has 1 aliphatic heterocycles.